The molecule has 2 aromatic heterocycles. The van der Waals surface area contributed by atoms with Crippen LogP contribution in [0.15, 0.2) is 71.3 Å². The maximum Gasteiger partial charge on any atom is 0.219 e. The second-order valence-electron chi connectivity index (χ2n) is 10.5. The number of pyridine rings is 1. The number of aromatic nitrogens is 1. The summed E-state index contributed by atoms with van der Waals surface area (Å²) in [5, 5.41) is 11.8. The second-order valence-corrected chi connectivity index (χ2v) is 10.5. The van der Waals surface area contributed by atoms with E-state index in [1.54, 1.807) is 6.20 Å². The Labute approximate surface area is 205 Å². The van der Waals surface area contributed by atoms with Gasteiger partial charge in [-0.2, -0.15) is 5.26 Å². The van der Waals surface area contributed by atoms with Crippen LogP contribution in [-0.4, -0.2) is 0 Å². The van der Waals surface area contributed by atoms with Gasteiger partial charge in [0.2, 0.25) is 5.69 Å². The Morgan fingerprint density at radius 1 is 0.914 bits per heavy atom. The third-order valence-electron chi connectivity index (χ3n) is 6.48. The van der Waals surface area contributed by atoms with E-state index in [1.807, 2.05) is 42.8 Å². The number of halogens is 1. The molecule has 0 aliphatic rings. The van der Waals surface area contributed by atoms with E-state index in [-0.39, 0.29) is 11.2 Å². The molecule has 2 heterocycles. The van der Waals surface area contributed by atoms with Crippen LogP contribution in [0.4, 0.5) is 4.39 Å². The first-order valence-electron chi connectivity index (χ1n) is 11.8. The molecule has 0 aliphatic heterocycles. The standard InChI is InChI=1S/C31H28FN2O/c1-19-6-12-24-25-13-11-22(18-33)28(21-9-7-20(8-10-21)17-31(2,3)4)30(25)35-29(24)27(19)26-16-23(32)14-15-34(26)5/h6-16H,17H2,1-5H3/q+1. The van der Waals surface area contributed by atoms with E-state index in [0.717, 1.165) is 45.1 Å². The molecule has 5 rings (SSSR count). The summed E-state index contributed by atoms with van der Waals surface area (Å²) in [6.45, 7) is 8.68. The third kappa shape index (κ3) is 4.08. The third-order valence-corrected chi connectivity index (χ3v) is 6.48. The van der Waals surface area contributed by atoms with Gasteiger partial charge < -0.3 is 4.42 Å². The van der Waals surface area contributed by atoms with Crippen LogP contribution in [0.1, 0.15) is 37.5 Å². The highest BCUT2D eigenvalue weighted by atomic mass is 19.1. The van der Waals surface area contributed by atoms with E-state index in [9.17, 15) is 9.65 Å². The van der Waals surface area contributed by atoms with Crippen LogP contribution in [-0.2, 0) is 13.5 Å². The molecule has 35 heavy (non-hydrogen) atoms. The van der Waals surface area contributed by atoms with Crippen molar-refractivity contribution in [3.05, 3.63) is 89.4 Å². The van der Waals surface area contributed by atoms with Crippen LogP contribution in [0.2, 0.25) is 0 Å². The summed E-state index contributed by atoms with van der Waals surface area (Å²) >= 11 is 0. The van der Waals surface area contributed by atoms with E-state index >= 15 is 0 Å². The Hall–Kier alpha value is -3.97. The minimum atomic E-state index is -0.298. The van der Waals surface area contributed by atoms with E-state index in [2.05, 4.69) is 51.1 Å². The zero-order chi connectivity index (χ0) is 24.9. The molecule has 0 aliphatic carbocycles. The van der Waals surface area contributed by atoms with Gasteiger partial charge in [-0.1, -0.05) is 57.2 Å². The summed E-state index contributed by atoms with van der Waals surface area (Å²) in [6, 6.07) is 21.6. The van der Waals surface area contributed by atoms with Gasteiger partial charge in [0.1, 0.15) is 24.0 Å². The number of furan rings is 1. The molecular weight excluding hydrogens is 435 g/mol. The van der Waals surface area contributed by atoms with Gasteiger partial charge in [0.15, 0.2) is 6.20 Å². The molecule has 0 spiro atoms. The predicted octanol–water partition coefficient (Wildman–Crippen LogP) is 7.65. The Morgan fingerprint density at radius 2 is 1.57 bits per heavy atom. The number of benzene rings is 3. The number of nitriles is 1. The molecule has 0 saturated heterocycles. The molecule has 0 fully saturated rings. The highest BCUT2D eigenvalue weighted by Gasteiger charge is 2.23. The second kappa shape index (κ2) is 8.36. The molecule has 0 saturated carbocycles. The lowest BCUT2D eigenvalue weighted by Gasteiger charge is -2.18. The van der Waals surface area contributed by atoms with Gasteiger partial charge in [0, 0.05) is 28.5 Å². The first-order valence-corrected chi connectivity index (χ1v) is 11.8. The average Bonchev–Trinajstić information content (AvgIpc) is 3.18. The summed E-state index contributed by atoms with van der Waals surface area (Å²) in [4.78, 5) is 0. The number of nitrogens with zero attached hydrogens (tertiary/aromatic N) is 2. The Morgan fingerprint density at radius 3 is 2.23 bits per heavy atom. The molecule has 0 amide bonds. The van der Waals surface area contributed by atoms with Crippen LogP contribution in [0, 0.1) is 29.5 Å². The molecule has 0 N–H and O–H groups in total. The molecule has 0 radical (unpaired) electrons. The van der Waals surface area contributed by atoms with Crippen LogP contribution in [0.25, 0.3) is 44.3 Å². The summed E-state index contributed by atoms with van der Waals surface area (Å²) in [7, 11) is 1.90. The zero-order valence-corrected chi connectivity index (χ0v) is 20.7. The number of hydrogen-bond acceptors (Lipinski definition) is 2. The number of hydrogen-bond donors (Lipinski definition) is 0. The van der Waals surface area contributed by atoms with Crippen molar-refractivity contribution >= 4 is 21.9 Å². The maximum absolute atomic E-state index is 14.2. The van der Waals surface area contributed by atoms with Crippen LogP contribution < -0.4 is 4.57 Å². The van der Waals surface area contributed by atoms with Crippen molar-refractivity contribution in [2.75, 3.05) is 0 Å². The lowest BCUT2D eigenvalue weighted by atomic mass is 9.87. The zero-order valence-electron chi connectivity index (χ0n) is 20.7. The number of fused-ring (bicyclic) bond motifs is 3. The van der Waals surface area contributed by atoms with Gasteiger partial charge in [-0.3, -0.25) is 0 Å². The van der Waals surface area contributed by atoms with Crippen LogP contribution in [0.5, 0.6) is 0 Å². The summed E-state index contributed by atoms with van der Waals surface area (Å²) in [5.74, 6) is -0.298. The minimum absolute atomic E-state index is 0.194. The van der Waals surface area contributed by atoms with Gasteiger partial charge in [-0.25, -0.2) is 8.96 Å². The van der Waals surface area contributed by atoms with Crippen LogP contribution >= 0.6 is 0 Å². The fourth-order valence-corrected chi connectivity index (χ4v) is 4.89. The molecule has 174 valence electrons. The quantitative estimate of drug-likeness (QED) is 0.258. The monoisotopic (exact) mass is 463 g/mol. The largest absolute Gasteiger partial charge is 0.454 e. The van der Waals surface area contributed by atoms with Gasteiger partial charge in [0.05, 0.1) is 17.2 Å². The molecule has 0 bridgehead atoms. The maximum atomic E-state index is 14.2. The van der Waals surface area contributed by atoms with Crippen molar-refractivity contribution in [2.24, 2.45) is 12.5 Å². The number of rotatable bonds is 3. The lowest BCUT2D eigenvalue weighted by molar-refractivity contribution is -0.660. The fourth-order valence-electron chi connectivity index (χ4n) is 4.89. The van der Waals surface area contributed by atoms with Gasteiger partial charge in [-0.15, -0.1) is 0 Å². The Kier molecular flexibility index (Phi) is 5.44. The summed E-state index contributed by atoms with van der Waals surface area (Å²) < 4.78 is 22.7. The molecule has 4 heteroatoms. The van der Waals surface area contributed by atoms with Crippen molar-refractivity contribution in [3.63, 3.8) is 0 Å². The average molecular weight is 464 g/mol. The normalized spacial score (nSPS) is 11.8. The molecule has 3 aromatic carbocycles. The highest BCUT2D eigenvalue weighted by Crippen LogP contribution is 2.42. The summed E-state index contributed by atoms with van der Waals surface area (Å²) in [5.41, 5.74) is 7.70. The van der Waals surface area contributed by atoms with Crippen molar-refractivity contribution < 1.29 is 13.4 Å². The Bertz CT molecular complexity index is 1630. The smallest absolute Gasteiger partial charge is 0.219 e. The van der Waals surface area contributed by atoms with Crippen molar-refractivity contribution in [2.45, 2.75) is 34.1 Å². The first kappa shape index (κ1) is 22.8. The van der Waals surface area contributed by atoms with Crippen molar-refractivity contribution in [1.29, 1.82) is 5.26 Å². The van der Waals surface area contributed by atoms with Crippen molar-refractivity contribution in [1.82, 2.24) is 0 Å². The molecule has 0 unspecified atom stereocenters. The van der Waals surface area contributed by atoms with E-state index in [1.165, 1.54) is 17.7 Å². The fraction of sp³-hybridized carbons (Fsp3) is 0.226. The topological polar surface area (TPSA) is 40.8 Å². The van der Waals surface area contributed by atoms with Crippen molar-refractivity contribution in [3.8, 4) is 28.5 Å². The molecular formula is C31H28FN2O+. The van der Waals surface area contributed by atoms with E-state index < -0.39 is 0 Å². The molecule has 5 aromatic rings. The SMILES string of the molecule is Cc1ccc2c(oc3c(-c4ccc(CC(C)(C)C)cc4)c(C#N)ccc32)c1-c1cc(F)cc[n+]1C. The van der Waals surface area contributed by atoms with E-state index in [0.29, 0.717) is 16.7 Å². The van der Waals surface area contributed by atoms with Gasteiger partial charge in [-0.05, 0) is 47.6 Å². The summed E-state index contributed by atoms with van der Waals surface area (Å²) in [6.07, 6.45) is 2.68. The van der Waals surface area contributed by atoms with Gasteiger partial charge in [0.25, 0.3) is 0 Å². The highest BCUT2D eigenvalue weighted by molar-refractivity contribution is 6.13. The molecule has 0 atom stereocenters. The first-order chi connectivity index (χ1) is 16.7. The lowest BCUT2D eigenvalue weighted by Crippen LogP contribution is -2.30. The van der Waals surface area contributed by atoms with E-state index in [4.69, 9.17) is 4.42 Å². The Balaban J connectivity index is 1.78. The van der Waals surface area contributed by atoms with Crippen LogP contribution in [0.3, 0.4) is 0 Å². The molecule has 3 nitrogen and oxygen atoms in total. The minimum Gasteiger partial charge on any atom is -0.454 e. The number of aryl methyl sites for hydroxylation is 2. The van der Waals surface area contributed by atoms with Gasteiger partial charge >= 0.3 is 0 Å². The predicted molar refractivity (Wildman–Crippen MR) is 138 cm³/mol.